The van der Waals surface area contributed by atoms with Gasteiger partial charge in [-0.05, 0) is 26.0 Å². The van der Waals surface area contributed by atoms with Gasteiger partial charge in [-0.15, -0.1) is 6.42 Å². The van der Waals surface area contributed by atoms with E-state index < -0.39 is 18.1 Å². The third kappa shape index (κ3) is 2.72. The van der Waals surface area contributed by atoms with Crippen LogP contribution in [0.5, 0.6) is 0 Å². The second-order valence-corrected chi connectivity index (χ2v) is 7.22. The van der Waals surface area contributed by atoms with E-state index in [9.17, 15) is 0 Å². The van der Waals surface area contributed by atoms with Gasteiger partial charge in [0, 0.05) is 5.69 Å². The number of hydrogen-bond donors (Lipinski definition) is 1. The van der Waals surface area contributed by atoms with Gasteiger partial charge in [0.25, 0.3) is 0 Å². The SMILES string of the molecule is C#CC1OC(n2cnc3c(Nc4ccccc4)ncnc32)C2OC(C)(C)OC12. The fourth-order valence-corrected chi connectivity index (χ4v) is 3.72. The lowest BCUT2D eigenvalue weighted by atomic mass is 10.1. The number of hydrogen-bond acceptors (Lipinski definition) is 7. The first-order valence-electron chi connectivity index (χ1n) is 9.02. The van der Waals surface area contributed by atoms with E-state index in [2.05, 4.69) is 26.2 Å². The van der Waals surface area contributed by atoms with Gasteiger partial charge in [0.05, 0.1) is 6.33 Å². The van der Waals surface area contributed by atoms with Crippen LogP contribution in [0.15, 0.2) is 43.0 Å². The average molecular weight is 377 g/mol. The topological polar surface area (TPSA) is 83.3 Å². The highest BCUT2D eigenvalue weighted by molar-refractivity contribution is 5.85. The van der Waals surface area contributed by atoms with Crippen LogP contribution < -0.4 is 5.32 Å². The van der Waals surface area contributed by atoms with E-state index in [1.807, 2.05) is 48.7 Å². The van der Waals surface area contributed by atoms with Crippen LogP contribution in [0.1, 0.15) is 20.1 Å². The summed E-state index contributed by atoms with van der Waals surface area (Å²) in [5, 5.41) is 3.27. The van der Waals surface area contributed by atoms with Crippen molar-refractivity contribution in [3.05, 3.63) is 43.0 Å². The molecule has 0 aliphatic carbocycles. The third-order valence-electron chi connectivity index (χ3n) is 4.86. The van der Waals surface area contributed by atoms with Crippen LogP contribution in [0.25, 0.3) is 11.2 Å². The predicted octanol–water partition coefficient (Wildman–Crippen LogP) is 2.62. The van der Waals surface area contributed by atoms with Crippen LogP contribution in [0.3, 0.4) is 0 Å². The molecule has 2 fully saturated rings. The molecule has 0 bridgehead atoms. The first-order valence-corrected chi connectivity index (χ1v) is 9.02. The number of rotatable bonds is 3. The highest BCUT2D eigenvalue weighted by atomic mass is 16.8. The maximum Gasteiger partial charge on any atom is 0.167 e. The number of aromatic nitrogens is 4. The van der Waals surface area contributed by atoms with Gasteiger partial charge in [-0.1, -0.05) is 24.1 Å². The second kappa shape index (κ2) is 6.27. The average Bonchev–Trinajstić information content (AvgIpc) is 3.33. The van der Waals surface area contributed by atoms with Crippen molar-refractivity contribution in [1.29, 1.82) is 0 Å². The summed E-state index contributed by atoms with van der Waals surface area (Å²) in [5.74, 6) is 2.54. The molecule has 0 saturated carbocycles. The van der Waals surface area contributed by atoms with E-state index >= 15 is 0 Å². The summed E-state index contributed by atoms with van der Waals surface area (Å²) in [4.78, 5) is 13.3. The van der Waals surface area contributed by atoms with Crippen molar-refractivity contribution in [2.45, 2.75) is 44.2 Å². The molecule has 0 spiro atoms. The van der Waals surface area contributed by atoms with Crippen molar-refractivity contribution in [3.63, 3.8) is 0 Å². The Morgan fingerprint density at radius 2 is 1.89 bits per heavy atom. The predicted molar refractivity (Wildman–Crippen MR) is 102 cm³/mol. The van der Waals surface area contributed by atoms with E-state index in [-0.39, 0.29) is 12.2 Å². The van der Waals surface area contributed by atoms with E-state index in [0.717, 1.165) is 5.69 Å². The van der Waals surface area contributed by atoms with Crippen LogP contribution in [-0.2, 0) is 14.2 Å². The molecule has 1 N–H and O–H groups in total. The standard InChI is InChI=1S/C20H19N5O3/c1-4-13-15-16(28-20(2,3)27-15)19(26-13)25-11-23-14-17(21-10-22-18(14)25)24-12-8-6-5-7-9-12/h1,5-11,13,15-16,19H,2-3H3,(H,21,22,24). The van der Waals surface area contributed by atoms with Gasteiger partial charge in [-0.25, -0.2) is 15.0 Å². The number of para-hydroxylation sites is 1. The Morgan fingerprint density at radius 3 is 2.68 bits per heavy atom. The second-order valence-electron chi connectivity index (χ2n) is 7.22. The summed E-state index contributed by atoms with van der Waals surface area (Å²) in [6.07, 6.45) is 7.13. The summed E-state index contributed by atoms with van der Waals surface area (Å²) in [5.41, 5.74) is 2.17. The summed E-state index contributed by atoms with van der Waals surface area (Å²) in [7, 11) is 0. The number of fused-ring (bicyclic) bond motifs is 2. The zero-order valence-electron chi connectivity index (χ0n) is 15.4. The van der Waals surface area contributed by atoms with Crippen molar-refractivity contribution in [2.24, 2.45) is 0 Å². The van der Waals surface area contributed by atoms with Gasteiger partial charge in [-0.3, -0.25) is 4.57 Å². The first kappa shape index (κ1) is 17.1. The fourth-order valence-electron chi connectivity index (χ4n) is 3.72. The number of benzene rings is 1. The van der Waals surface area contributed by atoms with Crippen molar-refractivity contribution < 1.29 is 14.2 Å². The highest BCUT2D eigenvalue weighted by Gasteiger charge is 2.55. The molecule has 8 nitrogen and oxygen atoms in total. The molecule has 28 heavy (non-hydrogen) atoms. The van der Waals surface area contributed by atoms with E-state index in [1.165, 1.54) is 6.33 Å². The van der Waals surface area contributed by atoms with Crippen molar-refractivity contribution >= 4 is 22.7 Å². The molecule has 8 heteroatoms. The fraction of sp³-hybridized carbons (Fsp3) is 0.350. The first-order chi connectivity index (χ1) is 13.6. The van der Waals surface area contributed by atoms with Crippen LogP contribution in [0.2, 0.25) is 0 Å². The molecule has 2 aromatic heterocycles. The Labute approximate surface area is 161 Å². The van der Waals surface area contributed by atoms with Gasteiger partial charge in [0.2, 0.25) is 0 Å². The van der Waals surface area contributed by atoms with E-state index in [1.54, 1.807) is 6.33 Å². The molecule has 3 aromatic rings. The number of imidazole rings is 1. The van der Waals surface area contributed by atoms with Gasteiger partial charge in [-0.2, -0.15) is 0 Å². The lowest BCUT2D eigenvalue weighted by Gasteiger charge is -2.23. The van der Waals surface area contributed by atoms with Crippen molar-refractivity contribution in [1.82, 2.24) is 19.5 Å². The molecule has 0 amide bonds. The quantitative estimate of drug-likeness (QED) is 0.703. The molecule has 0 radical (unpaired) electrons. The minimum absolute atomic E-state index is 0.341. The number of ether oxygens (including phenoxy) is 3. The Bertz CT molecular complexity index is 1060. The molecule has 2 saturated heterocycles. The maximum absolute atomic E-state index is 6.07. The Hall–Kier alpha value is -2.99. The highest BCUT2D eigenvalue weighted by Crippen LogP contribution is 2.43. The molecular weight excluding hydrogens is 358 g/mol. The molecule has 5 rings (SSSR count). The Balaban J connectivity index is 1.52. The molecular formula is C20H19N5O3. The molecule has 2 aliphatic heterocycles. The number of nitrogens with zero attached hydrogens (tertiary/aromatic N) is 4. The smallest absolute Gasteiger partial charge is 0.167 e. The summed E-state index contributed by atoms with van der Waals surface area (Å²) < 4.78 is 19.9. The van der Waals surface area contributed by atoms with Crippen molar-refractivity contribution in [3.8, 4) is 12.3 Å². The zero-order valence-corrected chi connectivity index (χ0v) is 15.4. The number of terminal acetylenes is 1. The lowest BCUT2D eigenvalue weighted by molar-refractivity contribution is -0.190. The summed E-state index contributed by atoms with van der Waals surface area (Å²) >= 11 is 0. The van der Waals surface area contributed by atoms with Gasteiger partial charge < -0.3 is 19.5 Å². The molecule has 4 heterocycles. The monoisotopic (exact) mass is 377 g/mol. The molecule has 142 valence electrons. The number of anilines is 2. The molecule has 4 unspecified atom stereocenters. The summed E-state index contributed by atoms with van der Waals surface area (Å²) in [6.45, 7) is 3.73. The van der Waals surface area contributed by atoms with Gasteiger partial charge in [0.15, 0.2) is 29.0 Å². The molecule has 4 atom stereocenters. The lowest BCUT2D eigenvalue weighted by Crippen LogP contribution is -2.28. The van der Waals surface area contributed by atoms with E-state index in [4.69, 9.17) is 20.6 Å². The number of nitrogens with one attached hydrogen (secondary N) is 1. The third-order valence-corrected chi connectivity index (χ3v) is 4.86. The Kier molecular flexibility index (Phi) is 3.84. The van der Waals surface area contributed by atoms with Crippen LogP contribution >= 0.6 is 0 Å². The minimum Gasteiger partial charge on any atom is -0.341 e. The van der Waals surface area contributed by atoms with Gasteiger partial charge >= 0.3 is 0 Å². The largest absolute Gasteiger partial charge is 0.341 e. The summed E-state index contributed by atoms with van der Waals surface area (Å²) in [6, 6.07) is 9.77. The normalized spacial score (nSPS) is 28.2. The van der Waals surface area contributed by atoms with E-state index in [0.29, 0.717) is 17.0 Å². The molecule has 2 aliphatic rings. The molecule has 1 aromatic carbocycles. The van der Waals surface area contributed by atoms with Crippen LogP contribution in [-0.4, -0.2) is 43.6 Å². The van der Waals surface area contributed by atoms with Crippen molar-refractivity contribution in [2.75, 3.05) is 5.32 Å². The van der Waals surface area contributed by atoms with Crippen LogP contribution in [0, 0.1) is 12.3 Å². The van der Waals surface area contributed by atoms with Crippen LogP contribution in [0.4, 0.5) is 11.5 Å². The van der Waals surface area contributed by atoms with Gasteiger partial charge in [0.1, 0.15) is 24.6 Å². The minimum atomic E-state index is -0.724. The zero-order chi connectivity index (χ0) is 19.3. The Morgan fingerprint density at radius 1 is 1.11 bits per heavy atom. The maximum atomic E-state index is 6.07.